The quantitative estimate of drug-likeness (QED) is 0.323. The molecule has 0 fully saturated rings. The van der Waals surface area contributed by atoms with Crippen molar-refractivity contribution < 1.29 is 13.7 Å². The van der Waals surface area contributed by atoms with Gasteiger partial charge in [0.25, 0.3) is 0 Å². The van der Waals surface area contributed by atoms with Gasteiger partial charge in [0.2, 0.25) is 6.79 Å². The van der Waals surface area contributed by atoms with Gasteiger partial charge in [0.05, 0.1) is 6.54 Å². The fourth-order valence-electron chi connectivity index (χ4n) is 2.94. The lowest BCUT2D eigenvalue weighted by Gasteiger charge is -2.22. The molecule has 0 radical (unpaired) electrons. The highest BCUT2D eigenvalue weighted by atomic mass is 127. The van der Waals surface area contributed by atoms with E-state index in [1.807, 2.05) is 62.5 Å². The predicted octanol–water partition coefficient (Wildman–Crippen LogP) is 3.38. The van der Waals surface area contributed by atoms with E-state index in [-0.39, 0.29) is 30.8 Å². The average molecular weight is 529 g/mol. The molecule has 1 unspecified atom stereocenters. The lowest BCUT2D eigenvalue weighted by atomic mass is 10.2. The Morgan fingerprint density at radius 3 is 2.66 bits per heavy atom. The first-order valence-corrected chi connectivity index (χ1v) is 10.9. The summed E-state index contributed by atoms with van der Waals surface area (Å²) in [5, 5.41) is 3.30. The number of rotatable bonds is 8. The van der Waals surface area contributed by atoms with Crippen LogP contribution in [-0.4, -0.2) is 47.8 Å². The Balaban J connectivity index is 0.00000300. The fraction of sp³-hybridized carbons (Fsp3) is 0.381. The number of aliphatic imine (C=N–C) groups is 1. The van der Waals surface area contributed by atoms with Gasteiger partial charge in [0.15, 0.2) is 17.5 Å². The lowest BCUT2D eigenvalue weighted by Crippen LogP contribution is -2.38. The van der Waals surface area contributed by atoms with Crippen LogP contribution < -0.4 is 14.8 Å². The van der Waals surface area contributed by atoms with Gasteiger partial charge in [0, 0.05) is 42.4 Å². The van der Waals surface area contributed by atoms with Crippen molar-refractivity contribution in [3.8, 4) is 11.5 Å². The van der Waals surface area contributed by atoms with Crippen molar-refractivity contribution in [2.45, 2.75) is 19.2 Å². The second kappa shape index (κ2) is 12.0. The number of halogens is 1. The smallest absolute Gasteiger partial charge is 0.231 e. The molecule has 8 heteroatoms. The standard InChI is InChI=1S/C21H27N3O3S.HI/c1-3-22-21(23-11-12-28(25)15-17-7-5-4-6-8-17)24(2)14-18-9-10-19-20(13-18)27-16-26-19;/h4-10,13H,3,11-12,14-16H2,1-2H3,(H,22,23);1H. The molecule has 0 aromatic heterocycles. The van der Waals surface area contributed by atoms with Crippen LogP contribution in [-0.2, 0) is 23.1 Å². The third kappa shape index (κ3) is 7.18. The minimum absolute atomic E-state index is 0. The summed E-state index contributed by atoms with van der Waals surface area (Å²) in [5.41, 5.74) is 2.21. The SMILES string of the molecule is CCNC(=NCCS(=O)Cc1ccccc1)N(C)Cc1ccc2c(c1)OCO2.I. The van der Waals surface area contributed by atoms with Crippen molar-refractivity contribution in [1.29, 1.82) is 0 Å². The number of ether oxygens (including phenoxy) is 2. The van der Waals surface area contributed by atoms with Gasteiger partial charge in [-0.1, -0.05) is 36.4 Å². The van der Waals surface area contributed by atoms with Crippen molar-refractivity contribution >= 4 is 40.7 Å². The van der Waals surface area contributed by atoms with E-state index >= 15 is 0 Å². The van der Waals surface area contributed by atoms with E-state index in [9.17, 15) is 4.21 Å². The van der Waals surface area contributed by atoms with E-state index in [2.05, 4.69) is 15.2 Å². The van der Waals surface area contributed by atoms with E-state index in [1.165, 1.54) is 0 Å². The number of guanidine groups is 1. The van der Waals surface area contributed by atoms with Crippen molar-refractivity contribution in [2.75, 3.05) is 32.7 Å². The summed E-state index contributed by atoms with van der Waals surface area (Å²) >= 11 is 0. The van der Waals surface area contributed by atoms with Crippen LogP contribution >= 0.6 is 24.0 Å². The van der Waals surface area contributed by atoms with Gasteiger partial charge in [-0.25, -0.2) is 0 Å². The molecule has 0 saturated carbocycles. The Labute approximate surface area is 192 Å². The van der Waals surface area contributed by atoms with Crippen LogP contribution in [0.4, 0.5) is 0 Å². The molecule has 2 aromatic carbocycles. The first-order valence-electron chi connectivity index (χ1n) is 9.42. The van der Waals surface area contributed by atoms with Crippen molar-refractivity contribution in [1.82, 2.24) is 10.2 Å². The highest BCUT2D eigenvalue weighted by molar-refractivity contribution is 14.0. The first kappa shape index (κ1) is 23.5. The third-order valence-corrected chi connectivity index (χ3v) is 5.60. The Morgan fingerprint density at radius 1 is 1.14 bits per heavy atom. The molecule has 1 N–H and O–H groups in total. The maximum Gasteiger partial charge on any atom is 0.231 e. The Morgan fingerprint density at radius 2 is 1.90 bits per heavy atom. The van der Waals surface area contributed by atoms with Crippen LogP contribution in [0, 0.1) is 0 Å². The number of fused-ring (bicyclic) bond motifs is 1. The summed E-state index contributed by atoms with van der Waals surface area (Å²) in [6.07, 6.45) is 0. The van der Waals surface area contributed by atoms with Crippen LogP contribution in [0.1, 0.15) is 18.1 Å². The van der Waals surface area contributed by atoms with E-state index in [4.69, 9.17) is 9.47 Å². The van der Waals surface area contributed by atoms with E-state index < -0.39 is 10.8 Å². The highest BCUT2D eigenvalue weighted by Gasteiger charge is 2.14. The molecule has 1 aliphatic heterocycles. The molecule has 1 heterocycles. The maximum absolute atomic E-state index is 12.3. The summed E-state index contributed by atoms with van der Waals surface area (Å²) in [5.74, 6) is 3.48. The Bertz CT molecular complexity index is 833. The summed E-state index contributed by atoms with van der Waals surface area (Å²) in [6, 6.07) is 15.9. The zero-order valence-corrected chi connectivity index (χ0v) is 19.9. The number of hydrogen-bond donors (Lipinski definition) is 1. The van der Waals surface area contributed by atoms with Gasteiger partial charge in [0.1, 0.15) is 0 Å². The molecule has 6 nitrogen and oxygen atoms in total. The molecule has 0 saturated heterocycles. The molecular formula is C21H28IN3O3S. The summed E-state index contributed by atoms with van der Waals surface area (Å²) < 4.78 is 23.1. The molecular weight excluding hydrogens is 501 g/mol. The van der Waals surface area contributed by atoms with Crippen LogP contribution in [0.2, 0.25) is 0 Å². The average Bonchev–Trinajstić information content (AvgIpc) is 3.16. The lowest BCUT2D eigenvalue weighted by molar-refractivity contribution is 0.174. The summed E-state index contributed by atoms with van der Waals surface area (Å²) in [4.78, 5) is 6.70. The predicted molar refractivity (Wildman–Crippen MR) is 129 cm³/mol. The fourth-order valence-corrected chi connectivity index (χ4v) is 3.95. The summed E-state index contributed by atoms with van der Waals surface area (Å²) in [6.45, 7) is 4.30. The Hall–Kier alpha value is -1.81. The zero-order chi connectivity index (χ0) is 19.8. The van der Waals surface area contributed by atoms with Crippen LogP contribution in [0.25, 0.3) is 0 Å². The number of benzene rings is 2. The molecule has 0 bridgehead atoms. The van der Waals surface area contributed by atoms with Crippen molar-refractivity contribution in [3.63, 3.8) is 0 Å². The van der Waals surface area contributed by atoms with E-state index in [1.54, 1.807) is 0 Å². The minimum Gasteiger partial charge on any atom is -0.454 e. The van der Waals surface area contributed by atoms with Gasteiger partial charge in [-0.2, -0.15) is 0 Å². The van der Waals surface area contributed by atoms with Gasteiger partial charge < -0.3 is 19.7 Å². The Kier molecular flexibility index (Phi) is 9.72. The maximum atomic E-state index is 12.3. The first-order chi connectivity index (χ1) is 13.7. The molecule has 0 amide bonds. The molecule has 1 aliphatic rings. The monoisotopic (exact) mass is 529 g/mol. The van der Waals surface area contributed by atoms with Crippen molar-refractivity contribution in [3.05, 3.63) is 59.7 Å². The van der Waals surface area contributed by atoms with Crippen LogP contribution in [0.5, 0.6) is 11.5 Å². The largest absolute Gasteiger partial charge is 0.454 e. The molecule has 1 atom stereocenters. The van der Waals surface area contributed by atoms with E-state index in [0.29, 0.717) is 24.6 Å². The second-order valence-corrected chi connectivity index (χ2v) is 8.13. The molecule has 2 aromatic rings. The normalized spacial score (nSPS) is 13.5. The van der Waals surface area contributed by atoms with Crippen LogP contribution in [0.3, 0.4) is 0 Å². The van der Waals surface area contributed by atoms with Gasteiger partial charge in [-0.3, -0.25) is 9.20 Å². The number of hydrogen-bond acceptors (Lipinski definition) is 4. The molecule has 29 heavy (non-hydrogen) atoms. The molecule has 0 spiro atoms. The van der Waals surface area contributed by atoms with Crippen molar-refractivity contribution in [2.24, 2.45) is 4.99 Å². The summed E-state index contributed by atoms with van der Waals surface area (Å²) in [7, 11) is 1.07. The number of nitrogens with one attached hydrogen (secondary N) is 1. The molecule has 158 valence electrons. The molecule has 0 aliphatic carbocycles. The zero-order valence-electron chi connectivity index (χ0n) is 16.8. The number of nitrogens with zero attached hydrogens (tertiary/aromatic N) is 2. The topological polar surface area (TPSA) is 63.2 Å². The molecule has 3 rings (SSSR count). The van der Waals surface area contributed by atoms with Gasteiger partial charge in [-0.15, -0.1) is 24.0 Å². The highest BCUT2D eigenvalue weighted by Crippen LogP contribution is 2.32. The second-order valence-electron chi connectivity index (χ2n) is 6.55. The van der Waals surface area contributed by atoms with E-state index in [0.717, 1.165) is 35.1 Å². The minimum atomic E-state index is -0.926. The van der Waals surface area contributed by atoms with Crippen LogP contribution in [0.15, 0.2) is 53.5 Å². The third-order valence-electron chi connectivity index (χ3n) is 4.30. The van der Waals surface area contributed by atoms with Gasteiger partial charge in [-0.05, 0) is 30.2 Å². The van der Waals surface area contributed by atoms with Gasteiger partial charge >= 0.3 is 0 Å².